The topological polar surface area (TPSA) is 265 Å². The van der Waals surface area contributed by atoms with Gasteiger partial charge in [0.25, 0.3) is 22.9 Å². The normalized spacial score (nSPS) is 17.1. The first kappa shape index (κ1) is 53.5. The van der Waals surface area contributed by atoms with Crippen LogP contribution in [0.2, 0.25) is 0 Å². The van der Waals surface area contributed by atoms with Crippen molar-refractivity contribution >= 4 is 46.8 Å². The van der Waals surface area contributed by atoms with Gasteiger partial charge in [-0.2, -0.15) is 0 Å². The van der Waals surface area contributed by atoms with Crippen molar-refractivity contribution in [2.24, 2.45) is 11.5 Å². The second-order valence-electron chi connectivity index (χ2n) is 17.0. The average Bonchev–Trinajstić information content (AvgIpc) is 4.11. The summed E-state index contributed by atoms with van der Waals surface area (Å²) >= 11 is 0. The van der Waals surface area contributed by atoms with Gasteiger partial charge in [-0.05, 0) is 87.8 Å². The fourth-order valence-electron chi connectivity index (χ4n) is 8.06. The number of hydrogen-bond acceptors (Lipinski definition) is 10. The quantitative estimate of drug-likeness (QED) is 0.0613. The molecule has 2 aliphatic heterocycles. The molecule has 6 atom stereocenters. The van der Waals surface area contributed by atoms with Crippen molar-refractivity contribution in [3.8, 4) is 0 Å². The molecule has 6 amide bonds. The lowest BCUT2D eigenvalue weighted by atomic mass is 10.0. The zero-order valence-corrected chi connectivity index (χ0v) is 39.6. The number of rotatable bonds is 22. The average molecular weight is 961 g/mol. The molecule has 0 radical (unpaired) electrons. The largest absolute Gasteiger partial charge is 0.370 e. The van der Waals surface area contributed by atoms with Gasteiger partial charge in [0.05, 0.1) is 0 Å². The number of nitrogens with two attached hydrogens (primary N) is 2. The lowest BCUT2D eigenvalue weighted by molar-refractivity contribution is -0.126. The SMILES string of the molecule is C/C=C/[C@H](CCC(N)=O)NC(=O)[C@H](Cc1ccccc1)n1cccc(NC(=O)[C@@H]2CCCO2)c1=O.C/C=C/[C@H](CCC(N)=O)NC(=O)[C@H](Cc1ccccc1)n1cccc(NC(=O)[C@H]2CCCO2)c1=O. The smallest absolute Gasteiger partial charge is 0.275 e. The fraction of sp³-hybridized carbons (Fsp3) is 0.385. The number of anilines is 2. The van der Waals surface area contributed by atoms with Crippen molar-refractivity contribution in [3.05, 3.63) is 153 Å². The molecule has 0 saturated carbocycles. The number of carbonyl (C=O) groups excluding carboxylic acids is 6. The molecule has 4 heterocycles. The van der Waals surface area contributed by atoms with Crippen molar-refractivity contribution in [2.75, 3.05) is 23.8 Å². The van der Waals surface area contributed by atoms with Gasteiger partial charge in [0.15, 0.2) is 0 Å². The van der Waals surface area contributed by atoms with E-state index >= 15 is 0 Å². The van der Waals surface area contributed by atoms with E-state index in [1.54, 1.807) is 36.4 Å². The lowest BCUT2D eigenvalue weighted by Gasteiger charge is -2.23. The maximum atomic E-state index is 13.4. The molecule has 2 saturated heterocycles. The van der Waals surface area contributed by atoms with Crippen LogP contribution in [0.25, 0.3) is 0 Å². The zero-order chi connectivity index (χ0) is 50.4. The highest BCUT2D eigenvalue weighted by Gasteiger charge is 2.29. The number of nitrogens with zero attached hydrogens (tertiary/aromatic N) is 2. The van der Waals surface area contributed by atoms with E-state index in [9.17, 15) is 38.4 Å². The van der Waals surface area contributed by atoms with Crippen LogP contribution < -0.4 is 43.9 Å². The number of primary amides is 2. The van der Waals surface area contributed by atoms with Gasteiger partial charge in [-0.15, -0.1) is 0 Å². The number of nitrogens with one attached hydrogen (secondary N) is 4. The van der Waals surface area contributed by atoms with E-state index in [1.165, 1.54) is 33.7 Å². The number of carbonyl (C=O) groups is 6. The highest BCUT2D eigenvalue weighted by atomic mass is 16.5. The second-order valence-corrected chi connectivity index (χ2v) is 17.0. The molecule has 70 heavy (non-hydrogen) atoms. The number of amides is 6. The Hall–Kier alpha value is -7.44. The number of hydrogen-bond donors (Lipinski definition) is 6. The van der Waals surface area contributed by atoms with Crippen LogP contribution >= 0.6 is 0 Å². The van der Waals surface area contributed by atoms with E-state index in [2.05, 4.69) is 21.3 Å². The van der Waals surface area contributed by atoms with Gasteiger partial charge in [-0.25, -0.2) is 0 Å². The van der Waals surface area contributed by atoms with Gasteiger partial charge in [-0.3, -0.25) is 38.4 Å². The molecule has 0 unspecified atom stereocenters. The number of ether oxygens (including phenoxy) is 2. The molecule has 0 aliphatic carbocycles. The Labute approximate surface area is 406 Å². The summed E-state index contributed by atoms with van der Waals surface area (Å²) in [6.07, 6.45) is 13.2. The van der Waals surface area contributed by atoms with E-state index in [0.29, 0.717) is 38.9 Å². The van der Waals surface area contributed by atoms with Crippen molar-refractivity contribution < 1.29 is 38.2 Å². The molecule has 2 aliphatic rings. The first-order valence-electron chi connectivity index (χ1n) is 23.6. The summed E-state index contributed by atoms with van der Waals surface area (Å²) < 4.78 is 13.5. The van der Waals surface area contributed by atoms with Crippen molar-refractivity contribution in [3.63, 3.8) is 0 Å². The first-order valence-corrected chi connectivity index (χ1v) is 23.6. The third-order valence-corrected chi connectivity index (χ3v) is 11.6. The predicted molar refractivity (Wildman–Crippen MR) is 265 cm³/mol. The van der Waals surface area contributed by atoms with Gasteiger partial charge < -0.3 is 51.3 Å². The summed E-state index contributed by atoms with van der Waals surface area (Å²) in [5.41, 5.74) is 11.5. The van der Waals surface area contributed by atoms with Crippen LogP contribution in [0.4, 0.5) is 11.4 Å². The van der Waals surface area contributed by atoms with Crippen molar-refractivity contribution in [1.82, 2.24) is 19.8 Å². The van der Waals surface area contributed by atoms with Crippen LogP contribution in [0.3, 0.4) is 0 Å². The summed E-state index contributed by atoms with van der Waals surface area (Å²) in [7, 11) is 0. The minimum absolute atomic E-state index is 0.0811. The lowest BCUT2D eigenvalue weighted by Crippen LogP contribution is -2.43. The molecule has 2 aromatic carbocycles. The maximum absolute atomic E-state index is 13.4. The standard InChI is InChI=1S/2C26H32N4O5/c2*1-2-8-19(13-14-23(27)31)28-24(32)21(17-18-9-4-3-5-10-18)30-15-6-11-20(26(30)34)29-25(33)22-12-7-16-35-22/h2*2-6,8-11,15,19,21-22H,7,12-14,16-17H2,1H3,(H2,27,31)(H,28,32)(H,29,33)/b2*8-2+/t19-,21+,22+;19-,21+,22-/m11/s1. The summed E-state index contributed by atoms with van der Waals surface area (Å²) in [5.74, 6) is -2.43. The highest BCUT2D eigenvalue weighted by Crippen LogP contribution is 2.20. The van der Waals surface area contributed by atoms with Gasteiger partial charge in [0, 0.05) is 63.4 Å². The molecule has 0 bridgehead atoms. The molecule has 18 heteroatoms. The Bertz CT molecular complexity index is 2390. The van der Waals surface area contributed by atoms with Gasteiger partial charge >= 0.3 is 0 Å². The molecular formula is C52H64N8O10. The maximum Gasteiger partial charge on any atom is 0.275 e. The minimum Gasteiger partial charge on any atom is -0.370 e. The molecule has 2 fully saturated rings. The van der Waals surface area contributed by atoms with E-state index < -0.39 is 59.3 Å². The van der Waals surface area contributed by atoms with Crippen LogP contribution in [0, 0.1) is 0 Å². The number of pyridine rings is 2. The van der Waals surface area contributed by atoms with E-state index in [4.69, 9.17) is 20.9 Å². The number of allylic oxidation sites excluding steroid dienone is 2. The summed E-state index contributed by atoms with van der Waals surface area (Å²) in [6, 6.07) is 22.4. The Balaban J connectivity index is 0.000000261. The van der Waals surface area contributed by atoms with E-state index in [-0.39, 0.29) is 60.7 Å². The molecule has 6 rings (SSSR count). The molecule has 0 spiro atoms. The monoisotopic (exact) mass is 960 g/mol. The summed E-state index contributed by atoms with van der Waals surface area (Å²) in [6.45, 7) is 4.66. The van der Waals surface area contributed by atoms with Crippen molar-refractivity contribution in [1.29, 1.82) is 0 Å². The predicted octanol–water partition coefficient (Wildman–Crippen LogP) is 4.15. The Kier molecular flexibility index (Phi) is 21.0. The van der Waals surface area contributed by atoms with E-state index in [1.807, 2.05) is 74.5 Å². The highest BCUT2D eigenvalue weighted by molar-refractivity contribution is 5.95. The fourth-order valence-corrected chi connectivity index (χ4v) is 8.06. The molecular weight excluding hydrogens is 897 g/mol. The van der Waals surface area contributed by atoms with Gasteiger partial charge in [0.1, 0.15) is 35.7 Å². The van der Waals surface area contributed by atoms with Crippen LogP contribution in [-0.4, -0.2) is 82.1 Å². The molecule has 8 N–H and O–H groups in total. The van der Waals surface area contributed by atoms with E-state index in [0.717, 1.165) is 24.0 Å². The van der Waals surface area contributed by atoms with Gasteiger partial charge in [0.2, 0.25) is 23.6 Å². The van der Waals surface area contributed by atoms with Crippen LogP contribution in [-0.2, 0) is 51.1 Å². The Morgan fingerprint density at radius 1 is 0.600 bits per heavy atom. The second kappa shape index (κ2) is 27.5. The number of benzene rings is 2. The minimum atomic E-state index is -0.884. The Morgan fingerprint density at radius 2 is 0.986 bits per heavy atom. The third kappa shape index (κ3) is 16.4. The molecule has 18 nitrogen and oxygen atoms in total. The summed E-state index contributed by atoms with van der Waals surface area (Å²) in [5, 5.41) is 11.2. The molecule has 2 aromatic heterocycles. The summed E-state index contributed by atoms with van der Waals surface area (Å²) in [4.78, 5) is 101. The molecule has 372 valence electrons. The molecule has 4 aromatic rings. The van der Waals surface area contributed by atoms with Gasteiger partial charge in [-0.1, -0.05) is 85.0 Å². The Morgan fingerprint density at radius 3 is 1.31 bits per heavy atom. The van der Waals surface area contributed by atoms with Crippen LogP contribution in [0.15, 0.2) is 131 Å². The first-order chi connectivity index (χ1) is 33.8. The zero-order valence-electron chi connectivity index (χ0n) is 39.6. The van der Waals surface area contributed by atoms with Crippen molar-refractivity contribution in [2.45, 2.75) is 114 Å². The van der Waals surface area contributed by atoms with Crippen LogP contribution in [0.5, 0.6) is 0 Å². The third-order valence-electron chi connectivity index (χ3n) is 11.6. The number of aromatic nitrogens is 2. The van der Waals surface area contributed by atoms with Crippen LogP contribution in [0.1, 0.15) is 88.4 Å².